The summed E-state index contributed by atoms with van der Waals surface area (Å²) < 4.78 is 0. The molecule has 0 fully saturated rings. The van der Waals surface area contributed by atoms with E-state index >= 15 is 0 Å². The van der Waals surface area contributed by atoms with Crippen LogP contribution in [-0.2, 0) is 0 Å². The first kappa shape index (κ1) is 6.40. The Morgan fingerprint density at radius 3 is 2.89 bits per heavy atom. The normalized spacial score (nSPS) is 13.6. The zero-order valence-corrected chi connectivity index (χ0v) is 6.02. The Labute approximate surface area is 56.1 Å². The van der Waals surface area contributed by atoms with Crippen LogP contribution in [0.15, 0.2) is 18.5 Å². The van der Waals surface area contributed by atoms with Crippen LogP contribution in [-0.4, -0.2) is 4.98 Å². The summed E-state index contributed by atoms with van der Waals surface area (Å²) in [5.41, 5.74) is 1.41. The van der Waals surface area contributed by atoms with E-state index in [9.17, 15) is 0 Å². The predicted molar refractivity (Wildman–Crippen MR) is 39.5 cm³/mol. The smallest absolute Gasteiger partial charge is 0.00400 e. The Morgan fingerprint density at radius 1 is 1.67 bits per heavy atom. The molecule has 1 N–H and O–H groups in total. The molecular formula is C8H13N. The molecule has 0 aliphatic carbocycles. The number of rotatable bonds is 2. The van der Waals surface area contributed by atoms with Gasteiger partial charge in [0, 0.05) is 12.4 Å². The fourth-order valence-electron chi connectivity index (χ4n) is 0.879. The van der Waals surface area contributed by atoms with E-state index in [0.29, 0.717) is 5.92 Å². The van der Waals surface area contributed by atoms with Crippen molar-refractivity contribution in [1.82, 2.24) is 4.98 Å². The lowest BCUT2D eigenvalue weighted by Gasteiger charge is -2.02. The van der Waals surface area contributed by atoms with Gasteiger partial charge in [-0.3, -0.25) is 0 Å². The second-order valence-corrected chi connectivity index (χ2v) is 2.45. The first-order valence-corrected chi connectivity index (χ1v) is 3.47. The lowest BCUT2D eigenvalue weighted by Crippen LogP contribution is -1.86. The van der Waals surface area contributed by atoms with E-state index in [-0.39, 0.29) is 0 Å². The number of hydrogen-bond donors (Lipinski definition) is 1. The van der Waals surface area contributed by atoms with Gasteiger partial charge in [-0.25, -0.2) is 0 Å². The van der Waals surface area contributed by atoms with Gasteiger partial charge in [0.05, 0.1) is 0 Å². The molecule has 1 heterocycles. The zero-order chi connectivity index (χ0) is 6.69. The molecule has 1 heteroatoms. The molecule has 0 saturated carbocycles. The van der Waals surface area contributed by atoms with Gasteiger partial charge >= 0.3 is 0 Å². The highest BCUT2D eigenvalue weighted by Crippen LogP contribution is 2.16. The van der Waals surface area contributed by atoms with E-state index in [1.807, 2.05) is 6.20 Å². The third-order valence-corrected chi connectivity index (χ3v) is 1.80. The molecule has 1 rings (SSSR count). The van der Waals surface area contributed by atoms with Gasteiger partial charge < -0.3 is 4.98 Å². The summed E-state index contributed by atoms with van der Waals surface area (Å²) in [6.45, 7) is 4.45. The molecule has 0 amide bonds. The molecule has 0 aliphatic rings. The lowest BCUT2D eigenvalue weighted by molar-refractivity contribution is 0.735. The average molecular weight is 123 g/mol. The highest BCUT2D eigenvalue weighted by molar-refractivity contribution is 5.12. The van der Waals surface area contributed by atoms with Crippen LogP contribution in [0.3, 0.4) is 0 Å². The zero-order valence-electron chi connectivity index (χ0n) is 6.02. The molecule has 0 saturated heterocycles. The van der Waals surface area contributed by atoms with Crippen LogP contribution in [0.5, 0.6) is 0 Å². The molecule has 0 unspecified atom stereocenters. The highest BCUT2D eigenvalue weighted by atomic mass is 14.6. The second-order valence-electron chi connectivity index (χ2n) is 2.45. The van der Waals surface area contributed by atoms with Gasteiger partial charge in [0.2, 0.25) is 0 Å². The molecule has 1 aromatic rings. The van der Waals surface area contributed by atoms with Crippen molar-refractivity contribution in [2.45, 2.75) is 26.2 Å². The molecule has 0 spiro atoms. The maximum absolute atomic E-state index is 3.04. The van der Waals surface area contributed by atoms with Crippen molar-refractivity contribution in [3.8, 4) is 0 Å². The molecule has 0 radical (unpaired) electrons. The minimum atomic E-state index is 0.705. The third-order valence-electron chi connectivity index (χ3n) is 1.80. The Hall–Kier alpha value is -0.720. The first-order valence-electron chi connectivity index (χ1n) is 3.47. The topological polar surface area (TPSA) is 15.8 Å². The molecule has 1 aromatic heterocycles. The van der Waals surface area contributed by atoms with Crippen LogP contribution in [0, 0.1) is 0 Å². The number of H-pyrrole nitrogens is 1. The lowest BCUT2D eigenvalue weighted by atomic mass is 10.0. The van der Waals surface area contributed by atoms with E-state index in [1.54, 1.807) is 0 Å². The Morgan fingerprint density at radius 2 is 2.44 bits per heavy atom. The van der Waals surface area contributed by atoms with E-state index in [0.717, 1.165) is 0 Å². The van der Waals surface area contributed by atoms with E-state index in [1.165, 1.54) is 12.0 Å². The van der Waals surface area contributed by atoms with E-state index in [2.05, 4.69) is 31.1 Å². The van der Waals surface area contributed by atoms with Crippen LogP contribution < -0.4 is 0 Å². The molecular weight excluding hydrogens is 110 g/mol. The van der Waals surface area contributed by atoms with Gasteiger partial charge in [-0.2, -0.15) is 0 Å². The van der Waals surface area contributed by atoms with Crippen molar-refractivity contribution in [2.75, 3.05) is 0 Å². The van der Waals surface area contributed by atoms with Crippen LogP contribution in [0.1, 0.15) is 31.7 Å². The van der Waals surface area contributed by atoms with Gasteiger partial charge in [-0.15, -0.1) is 0 Å². The monoisotopic (exact) mass is 123 g/mol. The van der Waals surface area contributed by atoms with Gasteiger partial charge in [0.1, 0.15) is 0 Å². The molecule has 9 heavy (non-hydrogen) atoms. The predicted octanol–water partition coefficient (Wildman–Crippen LogP) is 2.53. The maximum Gasteiger partial charge on any atom is 0.00400 e. The summed E-state index contributed by atoms with van der Waals surface area (Å²) in [7, 11) is 0. The van der Waals surface area contributed by atoms with E-state index in [4.69, 9.17) is 0 Å². The molecule has 1 atom stereocenters. The van der Waals surface area contributed by atoms with Crippen molar-refractivity contribution in [3.05, 3.63) is 24.0 Å². The highest BCUT2D eigenvalue weighted by Gasteiger charge is 2.00. The number of nitrogens with one attached hydrogen (secondary N) is 1. The third kappa shape index (κ3) is 1.35. The van der Waals surface area contributed by atoms with Crippen molar-refractivity contribution >= 4 is 0 Å². The minimum absolute atomic E-state index is 0.705. The SMILES string of the molecule is CC[C@H](C)c1cc[nH]c1. The van der Waals surface area contributed by atoms with Crippen LogP contribution in [0.25, 0.3) is 0 Å². The Bertz CT molecular complexity index is 153. The van der Waals surface area contributed by atoms with Crippen LogP contribution in [0.4, 0.5) is 0 Å². The standard InChI is InChI=1S/C8H13N/c1-3-7(2)8-4-5-9-6-8/h4-7,9H,3H2,1-2H3/t7-/m0/s1. The first-order chi connectivity index (χ1) is 4.34. The second kappa shape index (κ2) is 2.72. The van der Waals surface area contributed by atoms with Crippen molar-refractivity contribution in [1.29, 1.82) is 0 Å². The number of aromatic amines is 1. The molecule has 1 nitrogen and oxygen atoms in total. The summed E-state index contributed by atoms with van der Waals surface area (Å²) in [4.78, 5) is 3.04. The average Bonchev–Trinajstić information content (AvgIpc) is 2.37. The molecule has 0 aliphatic heterocycles. The van der Waals surface area contributed by atoms with E-state index < -0.39 is 0 Å². The maximum atomic E-state index is 3.04. The van der Waals surface area contributed by atoms with Gasteiger partial charge in [0.25, 0.3) is 0 Å². The van der Waals surface area contributed by atoms with Crippen molar-refractivity contribution in [2.24, 2.45) is 0 Å². The fraction of sp³-hybridized carbons (Fsp3) is 0.500. The van der Waals surface area contributed by atoms with Crippen molar-refractivity contribution < 1.29 is 0 Å². The van der Waals surface area contributed by atoms with Gasteiger partial charge in [-0.05, 0) is 24.0 Å². The molecule has 50 valence electrons. The summed E-state index contributed by atoms with van der Waals surface area (Å²) in [5.74, 6) is 0.705. The number of aromatic nitrogens is 1. The quantitative estimate of drug-likeness (QED) is 0.622. The molecule has 0 bridgehead atoms. The largest absolute Gasteiger partial charge is 0.367 e. The Balaban J connectivity index is 2.65. The Kier molecular flexibility index (Phi) is 1.93. The summed E-state index contributed by atoms with van der Waals surface area (Å²) >= 11 is 0. The van der Waals surface area contributed by atoms with Gasteiger partial charge in [-0.1, -0.05) is 13.8 Å². The summed E-state index contributed by atoms with van der Waals surface area (Å²) in [6, 6.07) is 2.13. The van der Waals surface area contributed by atoms with Crippen LogP contribution in [0.2, 0.25) is 0 Å². The summed E-state index contributed by atoms with van der Waals surface area (Å²) in [5, 5.41) is 0. The summed E-state index contributed by atoms with van der Waals surface area (Å²) in [6.07, 6.45) is 5.26. The van der Waals surface area contributed by atoms with Crippen LogP contribution >= 0.6 is 0 Å². The fourth-order valence-corrected chi connectivity index (χ4v) is 0.879. The van der Waals surface area contributed by atoms with Gasteiger partial charge in [0.15, 0.2) is 0 Å². The minimum Gasteiger partial charge on any atom is -0.367 e. The molecule has 0 aromatic carbocycles. The number of hydrogen-bond acceptors (Lipinski definition) is 0. The van der Waals surface area contributed by atoms with Crippen molar-refractivity contribution in [3.63, 3.8) is 0 Å².